The van der Waals surface area contributed by atoms with Gasteiger partial charge in [0.1, 0.15) is 0 Å². The number of rotatable bonds is 2. The molecule has 1 fully saturated rings. The van der Waals surface area contributed by atoms with Crippen molar-refractivity contribution in [2.75, 3.05) is 5.73 Å². The van der Waals surface area contributed by atoms with Crippen molar-refractivity contribution in [1.82, 2.24) is 5.32 Å². The maximum atomic E-state index is 12.1. The third kappa shape index (κ3) is 3.16. The lowest BCUT2D eigenvalue weighted by Crippen LogP contribution is -2.34. The van der Waals surface area contributed by atoms with Gasteiger partial charge in [-0.15, -0.1) is 0 Å². The fraction of sp³-hybridized carbons (Fsp3) is 0.500. The normalized spacial score (nSPS) is 17.2. The topological polar surface area (TPSA) is 55.1 Å². The van der Waals surface area contributed by atoms with Crippen LogP contribution in [0.4, 0.5) is 5.69 Å². The molecule has 0 spiro atoms. The van der Waals surface area contributed by atoms with E-state index in [0.717, 1.165) is 12.8 Å². The van der Waals surface area contributed by atoms with E-state index in [0.29, 0.717) is 16.3 Å². The van der Waals surface area contributed by atoms with E-state index in [2.05, 4.69) is 5.32 Å². The van der Waals surface area contributed by atoms with Crippen molar-refractivity contribution in [3.05, 3.63) is 28.8 Å². The molecule has 0 bridgehead atoms. The zero-order valence-corrected chi connectivity index (χ0v) is 11.2. The number of carbonyl (C=O) groups is 1. The van der Waals surface area contributed by atoms with Crippen LogP contribution in [0.1, 0.15) is 48.9 Å². The number of nitrogens with two attached hydrogens (primary N) is 1. The number of hydrogen-bond acceptors (Lipinski definition) is 2. The number of carbonyl (C=O) groups excluding carboxylic acids is 1. The minimum atomic E-state index is -0.112. The molecular formula is C14H19ClN2O. The van der Waals surface area contributed by atoms with Gasteiger partial charge in [0.2, 0.25) is 0 Å². The van der Waals surface area contributed by atoms with E-state index in [1.54, 1.807) is 18.2 Å². The maximum absolute atomic E-state index is 12.1. The van der Waals surface area contributed by atoms with E-state index >= 15 is 0 Å². The first kappa shape index (κ1) is 13.2. The summed E-state index contributed by atoms with van der Waals surface area (Å²) in [5.74, 6) is -0.112. The average Bonchev–Trinajstić information content (AvgIpc) is 2.61. The van der Waals surface area contributed by atoms with Gasteiger partial charge in [0.05, 0.1) is 16.3 Å². The van der Waals surface area contributed by atoms with Gasteiger partial charge in [-0.1, -0.05) is 43.4 Å². The molecule has 2 rings (SSSR count). The van der Waals surface area contributed by atoms with Crippen molar-refractivity contribution in [3.8, 4) is 0 Å². The molecule has 1 amide bonds. The van der Waals surface area contributed by atoms with E-state index in [4.69, 9.17) is 17.3 Å². The van der Waals surface area contributed by atoms with Crippen LogP contribution < -0.4 is 11.1 Å². The fourth-order valence-corrected chi connectivity index (χ4v) is 2.62. The van der Waals surface area contributed by atoms with Gasteiger partial charge in [0, 0.05) is 6.04 Å². The Bertz CT molecular complexity index is 426. The number of anilines is 1. The zero-order chi connectivity index (χ0) is 13.0. The molecule has 0 aromatic heterocycles. The second-order valence-electron chi connectivity index (χ2n) is 4.87. The Morgan fingerprint density at radius 2 is 1.89 bits per heavy atom. The van der Waals surface area contributed by atoms with Crippen molar-refractivity contribution in [2.24, 2.45) is 0 Å². The van der Waals surface area contributed by atoms with Crippen molar-refractivity contribution < 1.29 is 4.79 Å². The first-order chi connectivity index (χ1) is 8.68. The van der Waals surface area contributed by atoms with Crippen molar-refractivity contribution in [3.63, 3.8) is 0 Å². The number of halogens is 1. The minimum absolute atomic E-state index is 0.112. The lowest BCUT2D eigenvalue weighted by molar-refractivity contribution is 0.0933. The van der Waals surface area contributed by atoms with Gasteiger partial charge in [0.15, 0.2) is 0 Å². The molecule has 0 heterocycles. The smallest absolute Gasteiger partial charge is 0.253 e. The van der Waals surface area contributed by atoms with Crippen LogP contribution in [0.25, 0.3) is 0 Å². The molecule has 0 atom stereocenters. The van der Waals surface area contributed by atoms with Crippen LogP contribution in [0, 0.1) is 0 Å². The van der Waals surface area contributed by atoms with Gasteiger partial charge in [0.25, 0.3) is 5.91 Å². The van der Waals surface area contributed by atoms with Crippen LogP contribution in [-0.2, 0) is 0 Å². The Morgan fingerprint density at radius 1 is 1.22 bits per heavy atom. The second kappa shape index (κ2) is 6.10. The minimum Gasteiger partial charge on any atom is -0.398 e. The predicted molar refractivity (Wildman–Crippen MR) is 74.8 cm³/mol. The average molecular weight is 267 g/mol. The molecule has 0 saturated heterocycles. The summed E-state index contributed by atoms with van der Waals surface area (Å²) in [6.07, 6.45) is 7.04. The highest BCUT2D eigenvalue weighted by Crippen LogP contribution is 2.24. The summed E-state index contributed by atoms with van der Waals surface area (Å²) in [7, 11) is 0. The molecule has 1 saturated carbocycles. The summed E-state index contributed by atoms with van der Waals surface area (Å²) in [5, 5.41) is 3.41. The van der Waals surface area contributed by atoms with Gasteiger partial charge < -0.3 is 11.1 Å². The highest BCUT2D eigenvalue weighted by molar-refractivity contribution is 6.36. The molecule has 0 radical (unpaired) electrons. The number of hydrogen-bond donors (Lipinski definition) is 2. The van der Waals surface area contributed by atoms with Crippen LogP contribution in [0.2, 0.25) is 5.02 Å². The van der Waals surface area contributed by atoms with Crippen LogP contribution in [0.5, 0.6) is 0 Å². The largest absolute Gasteiger partial charge is 0.398 e. The summed E-state index contributed by atoms with van der Waals surface area (Å²) in [6, 6.07) is 5.44. The third-order valence-electron chi connectivity index (χ3n) is 3.46. The molecular weight excluding hydrogens is 248 g/mol. The molecule has 0 aliphatic heterocycles. The number of nitrogen functional groups attached to an aromatic ring is 1. The third-order valence-corrected chi connectivity index (χ3v) is 3.89. The first-order valence-corrected chi connectivity index (χ1v) is 6.91. The van der Waals surface area contributed by atoms with Crippen LogP contribution >= 0.6 is 11.6 Å². The van der Waals surface area contributed by atoms with Crippen LogP contribution in [0.15, 0.2) is 18.2 Å². The van der Waals surface area contributed by atoms with Gasteiger partial charge in [-0.05, 0) is 25.0 Å². The summed E-state index contributed by atoms with van der Waals surface area (Å²) < 4.78 is 0. The molecule has 3 nitrogen and oxygen atoms in total. The van der Waals surface area contributed by atoms with Crippen molar-refractivity contribution in [1.29, 1.82) is 0 Å². The SMILES string of the molecule is Nc1cccc(C(=O)NC2CCCCCC2)c1Cl. The molecule has 3 N–H and O–H groups in total. The molecule has 98 valence electrons. The first-order valence-electron chi connectivity index (χ1n) is 6.53. The van der Waals surface area contributed by atoms with Crippen molar-refractivity contribution >= 4 is 23.2 Å². The summed E-state index contributed by atoms with van der Waals surface area (Å²) in [4.78, 5) is 12.1. The zero-order valence-electron chi connectivity index (χ0n) is 10.4. The number of benzene rings is 1. The highest BCUT2D eigenvalue weighted by atomic mass is 35.5. The van der Waals surface area contributed by atoms with Crippen LogP contribution in [0.3, 0.4) is 0 Å². The second-order valence-corrected chi connectivity index (χ2v) is 5.25. The van der Waals surface area contributed by atoms with Gasteiger partial charge in [-0.3, -0.25) is 4.79 Å². The molecule has 0 unspecified atom stereocenters. The monoisotopic (exact) mass is 266 g/mol. The molecule has 18 heavy (non-hydrogen) atoms. The standard InChI is InChI=1S/C14H19ClN2O/c15-13-11(8-5-9-12(13)16)14(18)17-10-6-3-1-2-4-7-10/h5,8-10H,1-4,6-7,16H2,(H,17,18). The van der Waals surface area contributed by atoms with Crippen LogP contribution in [-0.4, -0.2) is 11.9 Å². The number of nitrogens with one attached hydrogen (secondary N) is 1. The molecule has 1 aliphatic rings. The number of amides is 1. The summed E-state index contributed by atoms with van der Waals surface area (Å²) >= 11 is 6.05. The predicted octanol–water partition coefficient (Wildman–Crippen LogP) is 3.37. The van der Waals surface area contributed by atoms with E-state index in [1.807, 2.05) is 0 Å². The lowest BCUT2D eigenvalue weighted by atomic mass is 10.1. The molecule has 1 aromatic rings. The summed E-state index contributed by atoms with van der Waals surface area (Å²) in [5.41, 5.74) is 6.63. The fourth-order valence-electron chi connectivity index (χ4n) is 2.41. The molecule has 1 aromatic carbocycles. The van der Waals surface area contributed by atoms with E-state index in [9.17, 15) is 4.79 Å². The molecule has 4 heteroatoms. The van der Waals surface area contributed by atoms with Gasteiger partial charge >= 0.3 is 0 Å². The van der Waals surface area contributed by atoms with Crippen molar-refractivity contribution in [2.45, 2.75) is 44.6 Å². The summed E-state index contributed by atoms with van der Waals surface area (Å²) in [6.45, 7) is 0. The Kier molecular flexibility index (Phi) is 4.48. The van der Waals surface area contributed by atoms with Gasteiger partial charge in [-0.2, -0.15) is 0 Å². The Labute approximate surface area is 113 Å². The van der Waals surface area contributed by atoms with E-state index < -0.39 is 0 Å². The van der Waals surface area contributed by atoms with Gasteiger partial charge in [-0.25, -0.2) is 0 Å². The Morgan fingerprint density at radius 3 is 2.56 bits per heavy atom. The Balaban J connectivity index is 2.04. The van der Waals surface area contributed by atoms with E-state index in [-0.39, 0.29) is 11.9 Å². The Hall–Kier alpha value is -1.22. The van der Waals surface area contributed by atoms with E-state index in [1.165, 1.54) is 25.7 Å². The lowest BCUT2D eigenvalue weighted by Gasteiger charge is -2.17. The molecule has 1 aliphatic carbocycles. The quantitative estimate of drug-likeness (QED) is 0.637. The maximum Gasteiger partial charge on any atom is 0.253 e. The highest BCUT2D eigenvalue weighted by Gasteiger charge is 2.18.